The van der Waals surface area contributed by atoms with Gasteiger partial charge in [0.05, 0.1) is 5.25 Å². The molecule has 0 saturated carbocycles. The number of rotatable bonds is 7. The van der Waals surface area contributed by atoms with Crippen LogP contribution in [-0.4, -0.2) is 51.1 Å². The topological polar surface area (TPSA) is 118 Å². The summed E-state index contributed by atoms with van der Waals surface area (Å²) in [6.45, 7) is 0.892. The molecule has 0 fully saturated rings. The molecule has 3 N–H and O–H groups in total. The van der Waals surface area contributed by atoms with E-state index in [2.05, 4.69) is 0 Å². The van der Waals surface area contributed by atoms with E-state index in [1.807, 2.05) is 30.3 Å². The number of nitrogens with zero attached hydrogens (tertiary/aromatic N) is 1. The van der Waals surface area contributed by atoms with Gasteiger partial charge in [-0.2, -0.15) is 0 Å². The van der Waals surface area contributed by atoms with Crippen molar-refractivity contribution in [3.05, 3.63) is 59.3 Å². The second-order valence-corrected chi connectivity index (χ2v) is 7.34. The lowest BCUT2D eigenvalue weighted by atomic mass is 10.0. The molecule has 0 spiro atoms. The zero-order valence-electron chi connectivity index (χ0n) is 14.8. The smallest absolute Gasteiger partial charge is 0.323 e. The Morgan fingerprint density at radius 3 is 2.52 bits per heavy atom. The number of benzene rings is 1. The Morgan fingerprint density at radius 1 is 1.26 bits per heavy atom. The van der Waals surface area contributed by atoms with Crippen molar-refractivity contribution in [2.45, 2.75) is 18.6 Å². The summed E-state index contributed by atoms with van der Waals surface area (Å²) in [6, 6.07) is 9.22. The molecule has 27 heavy (non-hydrogen) atoms. The van der Waals surface area contributed by atoms with Crippen LogP contribution in [0.2, 0.25) is 0 Å². The molecule has 142 valence electrons. The highest BCUT2D eigenvalue weighted by molar-refractivity contribution is 8.14. The highest BCUT2D eigenvalue weighted by Gasteiger charge is 2.30. The van der Waals surface area contributed by atoms with Gasteiger partial charge in [0, 0.05) is 19.0 Å². The van der Waals surface area contributed by atoms with Crippen molar-refractivity contribution in [2.75, 3.05) is 13.1 Å². The van der Waals surface area contributed by atoms with Gasteiger partial charge < -0.3 is 15.7 Å². The van der Waals surface area contributed by atoms with E-state index in [0.717, 1.165) is 22.2 Å². The maximum Gasteiger partial charge on any atom is 0.323 e. The first-order valence-electron chi connectivity index (χ1n) is 8.22. The van der Waals surface area contributed by atoms with E-state index >= 15 is 0 Å². The largest absolute Gasteiger partial charge is 0.480 e. The monoisotopic (exact) mass is 388 g/mol. The number of hydrogen-bond donors (Lipinski definition) is 2. The Morgan fingerprint density at radius 2 is 1.93 bits per heavy atom. The fourth-order valence-corrected chi connectivity index (χ4v) is 3.57. The average Bonchev–Trinajstić information content (AvgIpc) is 2.74. The van der Waals surface area contributed by atoms with Gasteiger partial charge in [-0.1, -0.05) is 54.2 Å². The Bertz CT molecular complexity index is 817. The number of carboxylic acid groups (broad SMARTS) is 1. The highest BCUT2D eigenvalue weighted by atomic mass is 32.2. The second kappa shape index (κ2) is 9.18. The molecule has 1 unspecified atom stereocenters. The molecule has 1 amide bonds. The van der Waals surface area contributed by atoms with Gasteiger partial charge in [-0.25, -0.2) is 0 Å². The second-order valence-electron chi connectivity index (χ2n) is 5.96. The van der Waals surface area contributed by atoms with E-state index in [1.54, 1.807) is 0 Å². The van der Waals surface area contributed by atoms with E-state index in [1.165, 1.54) is 19.1 Å². The SMILES string of the molecule is CC(=O)SC(Cc1ccccc1)C(=O)C1=C(N)C(=O)N(CC(=O)O)CC=C1. The third kappa shape index (κ3) is 5.55. The molecule has 0 aromatic heterocycles. The number of hydrogen-bond acceptors (Lipinski definition) is 6. The predicted molar refractivity (Wildman–Crippen MR) is 102 cm³/mol. The summed E-state index contributed by atoms with van der Waals surface area (Å²) in [7, 11) is 0. The zero-order chi connectivity index (χ0) is 20.0. The first-order chi connectivity index (χ1) is 12.8. The van der Waals surface area contributed by atoms with Gasteiger partial charge >= 0.3 is 5.97 Å². The predicted octanol–water partition coefficient (Wildman–Crippen LogP) is 1.14. The van der Waals surface area contributed by atoms with E-state index in [0.29, 0.717) is 6.42 Å². The van der Waals surface area contributed by atoms with Crippen molar-refractivity contribution in [1.29, 1.82) is 0 Å². The molecule has 2 rings (SSSR count). The molecular weight excluding hydrogens is 368 g/mol. The Balaban J connectivity index is 2.31. The van der Waals surface area contributed by atoms with Crippen LogP contribution in [0, 0.1) is 0 Å². The molecular formula is C19H20N2O5S. The maximum absolute atomic E-state index is 13.0. The molecule has 8 heteroatoms. The summed E-state index contributed by atoms with van der Waals surface area (Å²) >= 11 is 0.887. The summed E-state index contributed by atoms with van der Waals surface area (Å²) in [5.74, 6) is -2.32. The summed E-state index contributed by atoms with van der Waals surface area (Å²) in [4.78, 5) is 49.0. The van der Waals surface area contributed by atoms with Gasteiger partial charge in [0.2, 0.25) is 0 Å². The Hall–Kier alpha value is -2.87. The highest BCUT2D eigenvalue weighted by Crippen LogP contribution is 2.24. The number of aliphatic carboxylic acids is 1. The standard InChI is InChI=1S/C19H20N2O5S/c1-12(22)27-15(10-13-6-3-2-4-7-13)18(25)14-8-5-9-21(11-16(23)24)19(26)17(14)20/h2-8,15H,9-11,20H2,1H3,(H,23,24). The van der Waals surface area contributed by atoms with Crippen LogP contribution in [0.4, 0.5) is 0 Å². The summed E-state index contributed by atoms with van der Waals surface area (Å²) in [5.41, 5.74) is 6.45. The fourth-order valence-electron chi connectivity index (χ4n) is 2.66. The summed E-state index contributed by atoms with van der Waals surface area (Å²) in [5, 5.41) is 7.95. The zero-order valence-corrected chi connectivity index (χ0v) is 15.6. The first kappa shape index (κ1) is 20.4. The van der Waals surface area contributed by atoms with Crippen molar-refractivity contribution >= 4 is 34.5 Å². The van der Waals surface area contributed by atoms with E-state index in [4.69, 9.17) is 10.8 Å². The lowest BCUT2D eigenvalue weighted by Gasteiger charge is -2.19. The minimum Gasteiger partial charge on any atom is -0.480 e. The van der Waals surface area contributed by atoms with Crippen molar-refractivity contribution in [3.63, 3.8) is 0 Å². The van der Waals surface area contributed by atoms with Crippen LogP contribution in [-0.2, 0) is 25.6 Å². The molecule has 7 nitrogen and oxygen atoms in total. The van der Waals surface area contributed by atoms with Crippen LogP contribution in [0.1, 0.15) is 12.5 Å². The number of thioether (sulfide) groups is 1. The molecule has 1 aliphatic rings. The molecule has 1 aromatic carbocycles. The first-order valence-corrected chi connectivity index (χ1v) is 9.10. The molecule has 0 aliphatic carbocycles. The fraction of sp³-hybridized carbons (Fsp3) is 0.263. The van der Waals surface area contributed by atoms with Crippen LogP contribution in [0.5, 0.6) is 0 Å². The van der Waals surface area contributed by atoms with Gasteiger partial charge in [-0.15, -0.1) is 0 Å². The van der Waals surface area contributed by atoms with E-state index < -0.39 is 29.5 Å². The number of carbonyl (C=O) groups is 4. The lowest BCUT2D eigenvalue weighted by molar-refractivity contribution is -0.142. The number of nitrogens with two attached hydrogens (primary N) is 1. The van der Waals surface area contributed by atoms with Crippen molar-refractivity contribution < 1.29 is 24.3 Å². The summed E-state index contributed by atoms with van der Waals surface area (Å²) in [6.07, 6.45) is 3.25. The molecule has 0 saturated heterocycles. The number of carboxylic acids is 1. The molecule has 0 radical (unpaired) electrons. The van der Waals surface area contributed by atoms with Gasteiger partial charge in [0.1, 0.15) is 12.2 Å². The third-order valence-electron chi connectivity index (χ3n) is 3.87. The van der Waals surface area contributed by atoms with Crippen LogP contribution in [0.25, 0.3) is 0 Å². The third-order valence-corrected chi connectivity index (χ3v) is 4.87. The molecule has 1 atom stereocenters. The minimum absolute atomic E-state index is 0.00238. The molecule has 1 aliphatic heterocycles. The maximum atomic E-state index is 13.0. The van der Waals surface area contributed by atoms with Crippen LogP contribution < -0.4 is 5.73 Å². The summed E-state index contributed by atoms with van der Waals surface area (Å²) < 4.78 is 0. The van der Waals surface area contributed by atoms with Gasteiger partial charge in [0.25, 0.3) is 5.91 Å². The van der Waals surface area contributed by atoms with Crippen LogP contribution in [0.3, 0.4) is 0 Å². The lowest BCUT2D eigenvalue weighted by Crippen LogP contribution is -2.38. The van der Waals surface area contributed by atoms with Crippen molar-refractivity contribution in [3.8, 4) is 0 Å². The van der Waals surface area contributed by atoms with Crippen LogP contribution >= 0.6 is 11.8 Å². The molecule has 1 heterocycles. The number of carbonyl (C=O) groups excluding carboxylic acids is 3. The Labute approximate surface area is 160 Å². The van der Waals surface area contributed by atoms with Crippen molar-refractivity contribution in [2.24, 2.45) is 5.73 Å². The minimum atomic E-state index is -1.17. The number of allylic oxidation sites excluding steroid dienone is 2. The average molecular weight is 388 g/mol. The Kier molecular flexibility index (Phi) is 6.95. The van der Waals surface area contributed by atoms with E-state index in [-0.39, 0.29) is 22.9 Å². The quantitative estimate of drug-likeness (QED) is 0.719. The van der Waals surface area contributed by atoms with Gasteiger partial charge in [-0.05, 0) is 12.0 Å². The normalized spacial score (nSPS) is 15.4. The van der Waals surface area contributed by atoms with Crippen molar-refractivity contribution in [1.82, 2.24) is 4.90 Å². The van der Waals surface area contributed by atoms with Gasteiger partial charge in [-0.3, -0.25) is 19.2 Å². The molecule has 0 bridgehead atoms. The van der Waals surface area contributed by atoms with E-state index in [9.17, 15) is 19.2 Å². The number of ketones is 1. The molecule has 1 aromatic rings. The van der Waals surface area contributed by atoms with Crippen LogP contribution in [0.15, 0.2) is 53.8 Å². The number of amides is 1. The number of Topliss-reactive ketones (excluding diaryl/α,β-unsaturated/α-hetero) is 1. The van der Waals surface area contributed by atoms with Gasteiger partial charge in [0.15, 0.2) is 10.9 Å².